The van der Waals surface area contributed by atoms with Gasteiger partial charge in [0.25, 0.3) is 5.91 Å². The highest BCUT2D eigenvalue weighted by molar-refractivity contribution is 5.77. The number of nitrogens with one attached hydrogen (secondary N) is 2. The quantitative estimate of drug-likeness (QED) is 0.767. The molecule has 0 spiro atoms. The van der Waals surface area contributed by atoms with Crippen molar-refractivity contribution in [2.45, 2.75) is 34.2 Å². The molecule has 0 saturated carbocycles. The third kappa shape index (κ3) is 6.06. The van der Waals surface area contributed by atoms with Crippen LogP contribution < -0.4 is 15.4 Å². The first-order chi connectivity index (χ1) is 9.52. The lowest BCUT2D eigenvalue weighted by atomic mass is 10.1. The molecule has 0 bridgehead atoms. The number of aryl methyl sites for hydroxylation is 1. The number of ether oxygens (including phenoxy) is 1. The Bertz CT molecular complexity index is 430. The summed E-state index contributed by atoms with van der Waals surface area (Å²) in [7, 11) is 0. The van der Waals surface area contributed by atoms with Gasteiger partial charge in [-0.25, -0.2) is 0 Å². The zero-order valence-electron chi connectivity index (χ0n) is 13.0. The first kappa shape index (κ1) is 16.5. The fourth-order valence-electron chi connectivity index (χ4n) is 1.87. The molecule has 1 aromatic carbocycles. The van der Waals surface area contributed by atoms with Crippen molar-refractivity contribution in [1.29, 1.82) is 0 Å². The highest BCUT2D eigenvalue weighted by Gasteiger charge is 2.07. The van der Waals surface area contributed by atoms with Crippen molar-refractivity contribution < 1.29 is 9.53 Å². The minimum absolute atomic E-state index is 0.0636. The van der Waals surface area contributed by atoms with E-state index in [9.17, 15) is 4.79 Å². The van der Waals surface area contributed by atoms with Gasteiger partial charge >= 0.3 is 0 Å². The van der Waals surface area contributed by atoms with Crippen LogP contribution in [-0.4, -0.2) is 25.6 Å². The van der Waals surface area contributed by atoms with E-state index in [1.807, 2.05) is 19.1 Å². The fraction of sp³-hybridized carbons (Fsp3) is 0.562. The van der Waals surface area contributed by atoms with Gasteiger partial charge in [-0.15, -0.1) is 0 Å². The number of amides is 1. The van der Waals surface area contributed by atoms with E-state index >= 15 is 0 Å². The van der Waals surface area contributed by atoms with Gasteiger partial charge in [0.1, 0.15) is 5.75 Å². The lowest BCUT2D eigenvalue weighted by molar-refractivity contribution is -0.122. The first-order valence-electron chi connectivity index (χ1n) is 7.22. The molecule has 20 heavy (non-hydrogen) atoms. The molecule has 0 unspecified atom stereocenters. The Morgan fingerprint density at radius 3 is 2.75 bits per heavy atom. The largest absolute Gasteiger partial charge is 0.483 e. The second-order valence-electron chi connectivity index (χ2n) is 5.38. The summed E-state index contributed by atoms with van der Waals surface area (Å²) in [5.74, 6) is 1.30. The standard InChI is InChI=1S/C16H26N2O2/c1-5-18-16(19)11-20-15-7-6-13(4)8-14(15)10-17-9-12(2)3/h6-8,12,17H,5,9-11H2,1-4H3,(H,18,19). The number of rotatable bonds is 8. The van der Waals surface area contributed by atoms with Crippen LogP contribution in [0.25, 0.3) is 0 Å². The molecular weight excluding hydrogens is 252 g/mol. The Balaban J connectivity index is 2.62. The van der Waals surface area contributed by atoms with Crippen molar-refractivity contribution in [3.63, 3.8) is 0 Å². The molecule has 4 nitrogen and oxygen atoms in total. The van der Waals surface area contributed by atoms with Crippen molar-refractivity contribution in [3.05, 3.63) is 29.3 Å². The normalized spacial score (nSPS) is 10.7. The summed E-state index contributed by atoms with van der Waals surface area (Å²) in [5.41, 5.74) is 2.28. The van der Waals surface area contributed by atoms with E-state index in [1.165, 1.54) is 5.56 Å². The number of hydrogen-bond donors (Lipinski definition) is 2. The Kier molecular flexibility index (Phi) is 7.09. The fourth-order valence-corrected chi connectivity index (χ4v) is 1.87. The van der Waals surface area contributed by atoms with Gasteiger partial charge in [-0.05, 0) is 32.4 Å². The summed E-state index contributed by atoms with van der Waals surface area (Å²) in [6.07, 6.45) is 0. The van der Waals surface area contributed by atoms with Crippen LogP contribution in [-0.2, 0) is 11.3 Å². The third-order valence-corrected chi connectivity index (χ3v) is 2.82. The topological polar surface area (TPSA) is 50.4 Å². The molecule has 0 heterocycles. The molecule has 0 radical (unpaired) electrons. The van der Waals surface area contributed by atoms with Crippen LogP contribution in [0.3, 0.4) is 0 Å². The van der Waals surface area contributed by atoms with Gasteiger partial charge in [-0.1, -0.05) is 31.5 Å². The van der Waals surface area contributed by atoms with Gasteiger partial charge in [-0.2, -0.15) is 0 Å². The van der Waals surface area contributed by atoms with Crippen LogP contribution in [0.2, 0.25) is 0 Å². The van der Waals surface area contributed by atoms with Crippen LogP contribution in [0, 0.1) is 12.8 Å². The maximum atomic E-state index is 11.4. The Morgan fingerprint density at radius 2 is 2.10 bits per heavy atom. The molecule has 0 aromatic heterocycles. The molecule has 1 rings (SSSR count). The zero-order chi connectivity index (χ0) is 15.0. The van der Waals surface area contributed by atoms with Crippen LogP contribution in [0.5, 0.6) is 5.75 Å². The van der Waals surface area contributed by atoms with E-state index < -0.39 is 0 Å². The number of carbonyl (C=O) groups excluding carboxylic acids is 1. The van der Waals surface area contributed by atoms with Gasteiger partial charge in [0.15, 0.2) is 6.61 Å². The maximum Gasteiger partial charge on any atom is 0.257 e. The number of carbonyl (C=O) groups is 1. The summed E-state index contributed by atoms with van der Waals surface area (Å²) < 4.78 is 5.61. The summed E-state index contributed by atoms with van der Waals surface area (Å²) >= 11 is 0. The number of likely N-dealkylation sites (N-methyl/N-ethyl adjacent to an activating group) is 1. The monoisotopic (exact) mass is 278 g/mol. The molecular formula is C16H26N2O2. The van der Waals surface area contributed by atoms with Gasteiger partial charge in [-0.3, -0.25) is 4.79 Å². The molecule has 4 heteroatoms. The van der Waals surface area contributed by atoms with Crippen LogP contribution in [0.15, 0.2) is 18.2 Å². The minimum Gasteiger partial charge on any atom is -0.483 e. The summed E-state index contributed by atoms with van der Waals surface area (Å²) in [4.78, 5) is 11.4. The molecule has 0 aliphatic rings. The van der Waals surface area contributed by atoms with Crippen molar-refractivity contribution >= 4 is 5.91 Å². The highest BCUT2D eigenvalue weighted by atomic mass is 16.5. The minimum atomic E-state index is -0.0887. The summed E-state index contributed by atoms with van der Waals surface area (Å²) in [5, 5.41) is 6.13. The van der Waals surface area contributed by atoms with E-state index in [4.69, 9.17) is 4.74 Å². The second-order valence-corrected chi connectivity index (χ2v) is 5.38. The van der Waals surface area contributed by atoms with E-state index in [0.29, 0.717) is 12.5 Å². The SMILES string of the molecule is CCNC(=O)COc1ccc(C)cc1CNCC(C)C. The first-order valence-corrected chi connectivity index (χ1v) is 7.22. The van der Waals surface area contributed by atoms with Gasteiger partial charge < -0.3 is 15.4 Å². The van der Waals surface area contributed by atoms with Crippen LogP contribution in [0.1, 0.15) is 31.9 Å². The maximum absolute atomic E-state index is 11.4. The summed E-state index contributed by atoms with van der Waals surface area (Å²) in [6.45, 7) is 10.7. The second kappa shape index (κ2) is 8.59. The average Bonchev–Trinajstić information content (AvgIpc) is 2.37. The van der Waals surface area contributed by atoms with Gasteiger partial charge in [0, 0.05) is 18.7 Å². The molecule has 112 valence electrons. The van der Waals surface area contributed by atoms with E-state index in [-0.39, 0.29) is 12.5 Å². The van der Waals surface area contributed by atoms with Crippen LogP contribution >= 0.6 is 0 Å². The molecule has 0 aliphatic carbocycles. The van der Waals surface area contributed by atoms with Crippen molar-refractivity contribution in [3.8, 4) is 5.75 Å². The molecule has 1 amide bonds. The predicted octanol–water partition coefficient (Wildman–Crippen LogP) is 2.26. The molecule has 1 aromatic rings. The molecule has 2 N–H and O–H groups in total. The zero-order valence-corrected chi connectivity index (χ0v) is 13.0. The Hall–Kier alpha value is -1.55. The number of hydrogen-bond acceptors (Lipinski definition) is 3. The van der Waals surface area contributed by atoms with Gasteiger partial charge in [0.05, 0.1) is 0 Å². The average molecular weight is 278 g/mol. The van der Waals surface area contributed by atoms with Crippen molar-refractivity contribution in [1.82, 2.24) is 10.6 Å². The smallest absolute Gasteiger partial charge is 0.257 e. The molecule has 0 saturated heterocycles. The third-order valence-electron chi connectivity index (χ3n) is 2.82. The lowest BCUT2D eigenvalue weighted by Crippen LogP contribution is -2.28. The van der Waals surface area contributed by atoms with Crippen molar-refractivity contribution in [2.24, 2.45) is 5.92 Å². The highest BCUT2D eigenvalue weighted by Crippen LogP contribution is 2.20. The Labute approximate surface area is 121 Å². The molecule has 0 fully saturated rings. The van der Waals surface area contributed by atoms with Crippen LogP contribution in [0.4, 0.5) is 0 Å². The summed E-state index contributed by atoms with van der Waals surface area (Å²) in [6, 6.07) is 6.03. The van der Waals surface area contributed by atoms with E-state index in [2.05, 4.69) is 37.5 Å². The predicted molar refractivity (Wildman–Crippen MR) is 81.9 cm³/mol. The van der Waals surface area contributed by atoms with Crippen molar-refractivity contribution in [2.75, 3.05) is 19.7 Å². The molecule has 0 atom stereocenters. The number of benzene rings is 1. The lowest BCUT2D eigenvalue weighted by Gasteiger charge is -2.14. The van der Waals surface area contributed by atoms with E-state index in [0.717, 1.165) is 24.4 Å². The molecule has 0 aliphatic heterocycles. The van der Waals surface area contributed by atoms with E-state index in [1.54, 1.807) is 0 Å². The van der Waals surface area contributed by atoms with Gasteiger partial charge in [0.2, 0.25) is 0 Å². The Morgan fingerprint density at radius 1 is 1.35 bits per heavy atom.